The van der Waals surface area contributed by atoms with Gasteiger partial charge in [0.05, 0.1) is 10.6 Å². The van der Waals surface area contributed by atoms with Crippen LogP contribution in [0.25, 0.3) is 10.7 Å². The molecule has 2 aromatic heterocycles. The van der Waals surface area contributed by atoms with Crippen LogP contribution < -0.4 is 5.73 Å². The molecule has 6 heteroatoms. The highest BCUT2D eigenvalue weighted by atomic mass is 32.1. The van der Waals surface area contributed by atoms with Crippen LogP contribution in [0.15, 0.2) is 24.5 Å². The Bertz CT molecular complexity index is 588. The topological polar surface area (TPSA) is 78.1 Å². The lowest BCUT2D eigenvalue weighted by atomic mass is 10.2. The molecule has 0 amide bonds. The van der Waals surface area contributed by atoms with Gasteiger partial charge in [0.15, 0.2) is 5.82 Å². The van der Waals surface area contributed by atoms with Crippen molar-refractivity contribution < 1.29 is 9.53 Å². The van der Waals surface area contributed by atoms with Gasteiger partial charge in [-0.2, -0.15) is 0 Å². The standard InChI is InChI=1S/C13H15N3O2S/c1-13(2,3)18-12(17)10-8(14)7-9(19-10)11-15-5-4-6-16-11/h4-7H,14H2,1-3H3. The zero-order chi connectivity index (χ0) is 14.0. The summed E-state index contributed by atoms with van der Waals surface area (Å²) in [6.45, 7) is 5.45. The maximum Gasteiger partial charge on any atom is 0.350 e. The van der Waals surface area contributed by atoms with Crippen molar-refractivity contribution in [3.05, 3.63) is 29.4 Å². The first-order valence-corrected chi connectivity index (χ1v) is 6.58. The highest BCUT2D eigenvalue weighted by Crippen LogP contribution is 2.32. The van der Waals surface area contributed by atoms with Crippen molar-refractivity contribution in [1.29, 1.82) is 0 Å². The third kappa shape index (κ3) is 3.29. The number of ether oxygens (including phenoxy) is 1. The van der Waals surface area contributed by atoms with Crippen LogP contribution in [0.5, 0.6) is 0 Å². The predicted octanol–water partition coefficient (Wildman–Crippen LogP) is 2.74. The predicted molar refractivity (Wildman–Crippen MR) is 74.9 cm³/mol. The normalized spacial score (nSPS) is 11.3. The summed E-state index contributed by atoms with van der Waals surface area (Å²) in [4.78, 5) is 21.4. The third-order valence-electron chi connectivity index (χ3n) is 2.13. The molecule has 0 saturated carbocycles. The Morgan fingerprint density at radius 1 is 1.32 bits per heavy atom. The van der Waals surface area contributed by atoms with E-state index in [4.69, 9.17) is 10.5 Å². The number of anilines is 1. The number of rotatable bonds is 2. The first kappa shape index (κ1) is 13.5. The van der Waals surface area contributed by atoms with Crippen molar-refractivity contribution in [3.8, 4) is 10.7 Å². The van der Waals surface area contributed by atoms with Gasteiger partial charge in [-0.25, -0.2) is 14.8 Å². The van der Waals surface area contributed by atoms with Crippen molar-refractivity contribution in [1.82, 2.24) is 9.97 Å². The maximum atomic E-state index is 12.0. The summed E-state index contributed by atoms with van der Waals surface area (Å²) < 4.78 is 5.30. The Kier molecular flexibility index (Phi) is 3.53. The molecule has 2 aromatic rings. The smallest absolute Gasteiger partial charge is 0.350 e. The molecule has 0 aliphatic rings. The van der Waals surface area contributed by atoms with Gasteiger partial charge < -0.3 is 10.5 Å². The van der Waals surface area contributed by atoms with E-state index in [0.29, 0.717) is 16.4 Å². The number of esters is 1. The van der Waals surface area contributed by atoms with Gasteiger partial charge >= 0.3 is 5.97 Å². The van der Waals surface area contributed by atoms with Crippen molar-refractivity contribution in [2.45, 2.75) is 26.4 Å². The van der Waals surface area contributed by atoms with Crippen LogP contribution >= 0.6 is 11.3 Å². The first-order valence-electron chi connectivity index (χ1n) is 5.77. The number of thiophene rings is 1. The molecule has 0 aromatic carbocycles. The van der Waals surface area contributed by atoms with E-state index in [1.54, 1.807) is 24.5 Å². The second-order valence-corrected chi connectivity index (χ2v) is 6.02. The molecule has 0 atom stereocenters. The van der Waals surface area contributed by atoms with E-state index in [0.717, 1.165) is 4.88 Å². The van der Waals surface area contributed by atoms with E-state index in [1.165, 1.54) is 11.3 Å². The lowest BCUT2D eigenvalue weighted by Crippen LogP contribution is -2.23. The van der Waals surface area contributed by atoms with Gasteiger partial charge in [-0.1, -0.05) is 0 Å². The first-order chi connectivity index (χ1) is 8.87. The summed E-state index contributed by atoms with van der Waals surface area (Å²) in [7, 11) is 0. The van der Waals surface area contributed by atoms with E-state index < -0.39 is 11.6 Å². The lowest BCUT2D eigenvalue weighted by Gasteiger charge is -2.18. The van der Waals surface area contributed by atoms with E-state index >= 15 is 0 Å². The Morgan fingerprint density at radius 2 is 1.95 bits per heavy atom. The molecule has 0 fully saturated rings. The summed E-state index contributed by atoms with van der Waals surface area (Å²) in [5.41, 5.74) is 5.70. The van der Waals surface area contributed by atoms with E-state index in [1.807, 2.05) is 20.8 Å². The lowest BCUT2D eigenvalue weighted by molar-refractivity contribution is 0.00764. The monoisotopic (exact) mass is 277 g/mol. The minimum Gasteiger partial charge on any atom is -0.456 e. The van der Waals surface area contributed by atoms with Crippen LogP contribution in [0.3, 0.4) is 0 Å². The van der Waals surface area contributed by atoms with Crippen LogP contribution in [0, 0.1) is 0 Å². The number of nitrogens with two attached hydrogens (primary N) is 1. The Balaban J connectivity index is 2.30. The molecule has 2 rings (SSSR count). The van der Waals surface area contributed by atoms with Gasteiger partial charge in [-0.3, -0.25) is 0 Å². The number of carbonyl (C=O) groups is 1. The van der Waals surface area contributed by atoms with Crippen molar-refractivity contribution in [2.24, 2.45) is 0 Å². The van der Waals surface area contributed by atoms with Gasteiger partial charge in [0.2, 0.25) is 0 Å². The quantitative estimate of drug-likeness (QED) is 0.854. The van der Waals surface area contributed by atoms with Crippen LogP contribution in [-0.2, 0) is 4.74 Å². The zero-order valence-electron chi connectivity index (χ0n) is 11.0. The molecule has 0 radical (unpaired) electrons. The fraction of sp³-hybridized carbons (Fsp3) is 0.308. The van der Waals surface area contributed by atoms with Crippen molar-refractivity contribution >= 4 is 23.0 Å². The van der Waals surface area contributed by atoms with Gasteiger partial charge in [0, 0.05) is 12.4 Å². The van der Waals surface area contributed by atoms with E-state index in [9.17, 15) is 4.79 Å². The Labute approximate surface area is 115 Å². The van der Waals surface area contributed by atoms with Gasteiger partial charge in [0.25, 0.3) is 0 Å². The molecule has 0 aliphatic heterocycles. The molecule has 0 bridgehead atoms. The maximum absolute atomic E-state index is 12.0. The number of aromatic nitrogens is 2. The number of hydrogen-bond acceptors (Lipinski definition) is 6. The average molecular weight is 277 g/mol. The minimum absolute atomic E-state index is 0.386. The fourth-order valence-electron chi connectivity index (χ4n) is 1.43. The molecule has 5 nitrogen and oxygen atoms in total. The number of hydrogen-bond donors (Lipinski definition) is 1. The number of nitrogens with zero attached hydrogens (tertiary/aromatic N) is 2. The largest absolute Gasteiger partial charge is 0.456 e. The molecule has 2 heterocycles. The summed E-state index contributed by atoms with van der Waals surface area (Å²) in [6.07, 6.45) is 3.29. The van der Waals surface area contributed by atoms with Crippen LogP contribution in [0.1, 0.15) is 30.4 Å². The SMILES string of the molecule is CC(C)(C)OC(=O)c1sc(-c2ncccn2)cc1N. The second-order valence-electron chi connectivity index (χ2n) is 4.97. The summed E-state index contributed by atoms with van der Waals surface area (Å²) in [5.74, 6) is 0.131. The number of nitrogen functional groups attached to an aromatic ring is 1. The van der Waals surface area contributed by atoms with E-state index in [-0.39, 0.29) is 0 Å². The zero-order valence-corrected chi connectivity index (χ0v) is 11.8. The Hall–Kier alpha value is -1.95. The van der Waals surface area contributed by atoms with Crippen molar-refractivity contribution in [2.75, 3.05) is 5.73 Å². The molecular formula is C13H15N3O2S. The van der Waals surface area contributed by atoms with Crippen LogP contribution in [0.2, 0.25) is 0 Å². The molecule has 19 heavy (non-hydrogen) atoms. The molecule has 0 unspecified atom stereocenters. The highest BCUT2D eigenvalue weighted by molar-refractivity contribution is 7.17. The van der Waals surface area contributed by atoms with Gasteiger partial charge in [-0.05, 0) is 32.9 Å². The fourth-order valence-corrected chi connectivity index (χ4v) is 2.33. The molecule has 2 N–H and O–H groups in total. The summed E-state index contributed by atoms with van der Waals surface area (Å²) in [6, 6.07) is 3.43. The molecule has 100 valence electrons. The molecule has 0 aliphatic carbocycles. The van der Waals surface area contributed by atoms with Crippen molar-refractivity contribution in [3.63, 3.8) is 0 Å². The summed E-state index contributed by atoms with van der Waals surface area (Å²) in [5, 5.41) is 0. The molecule has 0 spiro atoms. The number of carbonyl (C=O) groups excluding carboxylic acids is 1. The van der Waals surface area contributed by atoms with Crippen LogP contribution in [-0.4, -0.2) is 21.5 Å². The minimum atomic E-state index is -0.545. The van der Waals surface area contributed by atoms with Gasteiger partial charge in [0.1, 0.15) is 10.5 Å². The highest BCUT2D eigenvalue weighted by Gasteiger charge is 2.22. The molecule has 0 saturated heterocycles. The second kappa shape index (κ2) is 4.97. The average Bonchev–Trinajstić information content (AvgIpc) is 2.70. The summed E-state index contributed by atoms with van der Waals surface area (Å²) >= 11 is 1.24. The third-order valence-corrected chi connectivity index (χ3v) is 3.26. The Morgan fingerprint density at radius 3 is 2.53 bits per heavy atom. The molecular weight excluding hydrogens is 262 g/mol. The van der Waals surface area contributed by atoms with Crippen LogP contribution in [0.4, 0.5) is 5.69 Å². The van der Waals surface area contributed by atoms with Gasteiger partial charge in [-0.15, -0.1) is 11.3 Å². The van der Waals surface area contributed by atoms with E-state index in [2.05, 4.69) is 9.97 Å².